The number of hydrogen-bond acceptors (Lipinski definition) is 5. The molecule has 1 aromatic carbocycles. The van der Waals surface area contributed by atoms with Crippen molar-refractivity contribution in [1.82, 2.24) is 9.88 Å². The molecule has 0 aliphatic carbocycles. The number of thioether (sulfide) groups is 1. The summed E-state index contributed by atoms with van der Waals surface area (Å²) in [4.78, 5) is 22.6. The average molecular weight is 345 g/mol. The molecule has 0 spiro atoms. The molecular formula is C17H16FN3O2S. The minimum Gasteiger partial charge on any atom is -0.484 e. The van der Waals surface area contributed by atoms with E-state index in [0.717, 1.165) is 0 Å². The summed E-state index contributed by atoms with van der Waals surface area (Å²) >= 11 is 1.53. The number of rotatable bonds is 4. The molecular weight excluding hydrogens is 329 g/mol. The van der Waals surface area contributed by atoms with Crippen LogP contribution in [0, 0.1) is 5.82 Å². The van der Waals surface area contributed by atoms with E-state index >= 15 is 0 Å². The van der Waals surface area contributed by atoms with Gasteiger partial charge < -0.3 is 4.74 Å². The molecule has 0 bridgehead atoms. The number of halogens is 1. The van der Waals surface area contributed by atoms with Crippen molar-refractivity contribution in [2.45, 2.75) is 12.2 Å². The van der Waals surface area contributed by atoms with Gasteiger partial charge >= 0.3 is 0 Å². The number of pyridine rings is 1. The van der Waals surface area contributed by atoms with Crippen LogP contribution in [0.2, 0.25) is 0 Å². The second kappa shape index (κ2) is 7.44. The van der Waals surface area contributed by atoms with Crippen molar-refractivity contribution in [3.63, 3.8) is 0 Å². The summed E-state index contributed by atoms with van der Waals surface area (Å²) in [5.74, 6) is -0.281. The number of carbonyl (C=O) groups is 1. The molecule has 1 aliphatic heterocycles. The van der Waals surface area contributed by atoms with E-state index in [1.807, 2.05) is 13.0 Å². The first kappa shape index (κ1) is 16.4. The molecule has 1 aromatic heterocycles. The smallest absolute Gasteiger partial charge is 0.266 e. The Hall–Kier alpha value is -2.41. The molecule has 1 atom stereocenters. The Morgan fingerprint density at radius 3 is 3.08 bits per heavy atom. The number of carbonyl (C=O) groups excluding carboxylic acids is 1. The van der Waals surface area contributed by atoms with Gasteiger partial charge in [-0.15, -0.1) is 0 Å². The fourth-order valence-electron chi connectivity index (χ4n) is 2.22. The minimum absolute atomic E-state index is 0.164. The Morgan fingerprint density at radius 2 is 2.33 bits per heavy atom. The van der Waals surface area contributed by atoms with Crippen molar-refractivity contribution in [1.29, 1.82) is 0 Å². The van der Waals surface area contributed by atoms with Gasteiger partial charge in [0.2, 0.25) is 0 Å². The Morgan fingerprint density at radius 1 is 1.46 bits per heavy atom. The van der Waals surface area contributed by atoms with Crippen LogP contribution in [-0.2, 0) is 4.79 Å². The molecule has 3 rings (SSSR count). The van der Waals surface area contributed by atoms with E-state index in [4.69, 9.17) is 4.74 Å². The summed E-state index contributed by atoms with van der Waals surface area (Å²) in [5.41, 5.74) is 0.693. The Bertz CT molecular complexity index is 755. The number of amidine groups is 1. The standard InChI is InChI=1S/C17H16FN3O2S/c1-12-10-21(17(24-12)20-14-5-3-7-19-9-14)16(22)11-23-15-6-2-4-13(18)8-15/h2-9,12H,10-11H2,1H3/t12-/m0/s1. The van der Waals surface area contributed by atoms with Crippen molar-refractivity contribution in [3.05, 3.63) is 54.6 Å². The number of aromatic nitrogens is 1. The summed E-state index contributed by atoms with van der Waals surface area (Å²) in [6, 6.07) is 9.35. The average Bonchev–Trinajstić information content (AvgIpc) is 2.94. The molecule has 0 saturated carbocycles. The van der Waals surface area contributed by atoms with Crippen LogP contribution in [0.1, 0.15) is 6.92 Å². The van der Waals surface area contributed by atoms with E-state index in [1.54, 1.807) is 29.4 Å². The van der Waals surface area contributed by atoms with Crippen LogP contribution in [0.3, 0.4) is 0 Å². The second-order valence-electron chi connectivity index (χ2n) is 5.28. The van der Waals surface area contributed by atoms with Crippen molar-refractivity contribution < 1.29 is 13.9 Å². The molecule has 1 saturated heterocycles. The van der Waals surface area contributed by atoms with Crippen molar-refractivity contribution in [2.75, 3.05) is 13.2 Å². The number of hydrogen-bond donors (Lipinski definition) is 0. The van der Waals surface area contributed by atoms with Gasteiger partial charge in [0.1, 0.15) is 11.6 Å². The molecule has 1 aliphatic rings. The second-order valence-corrected chi connectivity index (χ2v) is 6.69. The van der Waals surface area contributed by atoms with Crippen LogP contribution in [0.15, 0.2) is 53.8 Å². The third-order valence-electron chi connectivity index (χ3n) is 3.31. The molecule has 1 amide bonds. The molecule has 2 aromatic rings. The lowest BCUT2D eigenvalue weighted by Gasteiger charge is -2.16. The topological polar surface area (TPSA) is 54.8 Å². The summed E-state index contributed by atoms with van der Waals surface area (Å²) in [6.45, 7) is 2.43. The lowest BCUT2D eigenvalue weighted by atomic mass is 10.3. The lowest BCUT2D eigenvalue weighted by molar-refractivity contribution is -0.129. The molecule has 7 heteroatoms. The molecule has 24 heavy (non-hydrogen) atoms. The number of ether oxygens (including phenoxy) is 1. The van der Waals surface area contributed by atoms with Crippen LogP contribution in [0.5, 0.6) is 5.75 Å². The highest BCUT2D eigenvalue weighted by Crippen LogP contribution is 2.28. The molecule has 1 fully saturated rings. The quantitative estimate of drug-likeness (QED) is 0.853. The SMILES string of the molecule is C[C@H]1CN(C(=O)COc2cccc(F)c2)C(=Nc2cccnc2)S1. The van der Waals surface area contributed by atoms with Crippen LogP contribution in [0.4, 0.5) is 10.1 Å². The fourth-order valence-corrected chi connectivity index (χ4v) is 3.27. The monoisotopic (exact) mass is 345 g/mol. The maximum Gasteiger partial charge on any atom is 0.266 e. The molecule has 124 valence electrons. The number of nitrogens with zero attached hydrogens (tertiary/aromatic N) is 3. The van der Waals surface area contributed by atoms with Gasteiger partial charge in [-0.2, -0.15) is 0 Å². The summed E-state index contributed by atoms with van der Waals surface area (Å²) in [6.07, 6.45) is 3.31. The van der Waals surface area contributed by atoms with Gasteiger partial charge in [0.05, 0.1) is 11.9 Å². The van der Waals surface area contributed by atoms with E-state index in [1.165, 1.54) is 30.0 Å². The van der Waals surface area contributed by atoms with Crippen molar-refractivity contribution in [2.24, 2.45) is 4.99 Å². The lowest BCUT2D eigenvalue weighted by Crippen LogP contribution is -2.36. The molecule has 0 radical (unpaired) electrons. The third kappa shape index (κ3) is 4.11. The zero-order valence-electron chi connectivity index (χ0n) is 13.1. The largest absolute Gasteiger partial charge is 0.484 e. The van der Waals surface area contributed by atoms with Gasteiger partial charge in [0.15, 0.2) is 11.8 Å². The fraction of sp³-hybridized carbons (Fsp3) is 0.235. The van der Waals surface area contributed by atoms with E-state index < -0.39 is 5.82 Å². The third-order valence-corrected chi connectivity index (χ3v) is 4.38. The highest BCUT2D eigenvalue weighted by molar-refractivity contribution is 8.14. The number of benzene rings is 1. The van der Waals surface area contributed by atoms with Crippen molar-refractivity contribution >= 4 is 28.5 Å². The molecule has 0 unspecified atom stereocenters. The molecule has 5 nitrogen and oxygen atoms in total. The predicted molar refractivity (Wildman–Crippen MR) is 92.0 cm³/mol. The van der Waals surface area contributed by atoms with Gasteiger partial charge in [0.25, 0.3) is 5.91 Å². The Balaban J connectivity index is 1.69. The maximum absolute atomic E-state index is 13.1. The van der Waals surface area contributed by atoms with Crippen LogP contribution in [-0.4, -0.2) is 39.4 Å². The number of aliphatic imine (C=N–C) groups is 1. The first-order chi connectivity index (χ1) is 11.6. The highest BCUT2D eigenvalue weighted by atomic mass is 32.2. The van der Waals surface area contributed by atoms with Crippen LogP contribution >= 0.6 is 11.8 Å². The van der Waals surface area contributed by atoms with Gasteiger partial charge in [-0.1, -0.05) is 24.8 Å². The first-order valence-corrected chi connectivity index (χ1v) is 8.34. The van der Waals surface area contributed by atoms with Crippen LogP contribution < -0.4 is 4.74 Å². The normalized spacial score (nSPS) is 18.8. The zero-order valence-corrected chi connectivity index (χ0v) is 13.9. The summed E-state index contributed by atoms with van der Waals surface area (Å²) < 4.78 is 18.5. The maximum atomic E-state index is 13.1. The molecule has 0 N–H and O–H groups in total. The van der Waals surface area contributed by atoms with E-state index in [2.05, 4.69) is 9.98 Å². The van der Waals surface area contributed by atoms with E-state index in [0.29, 0.717) is 23.1 Å². The summed E-state index contributed by atoms with van der Waals surface area (Å²) in [7, 11) is 0. The van der Waals surface area contributed by atoms with Crippen LogP contribution in [0.25, 0.3) is 0 Å². The zero-order chi connectivity index (χ0) is 16.9. The summed E-state index contributed by atoms with van der Waals surface area (Å²) in [5, 5.41) is 0.877. The highest BCUT2D eigenvalue weighted by Gasteiger charge is 2.31. The Labute approximate surface area is 143 Å². The van der Waals surface area contributed by atoms with Gasteiger partial charge in [-0.3, -0.25) is 14.7 Å². The molecule has 2 heterocycles. The Kier molecular flexibility index (Phi) is 5.10. The predicted octanol–water partition coefficient (Wildman–Crippen LogP) is 3.25. The first-order valence-electron chi connectivity index (χ1n) is 7.46. The van der Waals surface area contributed by atoms with Crippen molar-refractivity contribution in [3.8, 4) is 5.75 Å². The minimum atomic E-state index is -0.399. The number of amides is 1. The van der Waals surface area contributed by atoms with Gasteiger partial charge in [-0.05, 0) is 24.3 Å². The van der Waals surface area contributed by atoms with E-state index in [-0.39, 0.29) is 17.8 Å². The van der Waals surface area contributed by atoms with Gasteiger partial charge in [0, 0.05) is 24.1 Å². The van der Waals surface area contributed by atoms with E-state index in [9.17, 15) is 9.18 Å². The van der Waals surface area contributed by atoms with Gasteiger partial charge in [-0.25, -0.2) is 9.38 Å².